The molecule has 3 N–H and O–H groups in total. The molecule has 0 saturated carbocycles. The summed E-state index contributed by atoms with van der Waals surface area (Å²) in [5, 5.41) is 10.3. The van der Waals surface area contributed by atoms with Gasteiger partial charge in [-0.25, -0.2) is 0 Å². The average Bonchev–Trinajstić information content (AvgIpc) is 2.29. The Hall–Kier alpha value is -1.94. The number of rotatable bonds is 2. The fourth-order valence-corrected chi connectivity index (χ4v) is 1.81. The summed E-state index contributed by atoms with van der Waals surface area (Å²) in [5.41, 5.74) is 9.56. The first-order chi connectivity index (χ1) is 8.09. The molecule has 4 heteroatoms. The SMILES string of the molecule is Cc1cnc(C(O)c2cnccc2N)c(C)c1. The fourth-order valence-electron chi connectivity index (χ4n) is 1.81. The zero-order valence-electron chi connectivity index (χ0n) is 9.88. The average molecular weight is 229 g/mol. The lowest BCUT2D eigenvalue weighted by Crippen LogP contribution is -2.08. The van der Waals surface area contributed by atoms with Gasteiger partial charge in [-0.05, 0) is 31.0 Å². The van der Waals surface area contributed by atoms with Gasteiger partial charge in [0.15, 0.2) is 0 Å². The summed E-state index contributed by atoms with van der Waals surface area (Å²) < 4.78 is 0. The van der Waals surface area contributed by atoms with Crippen LogP contribution in [-0.2, 0) is 0 Å². The number of nitrogens with zero attached hydrogens (tertiary/aromatic N) is 2. The number of nitrogens with two attached hydrogens (primary N) is 1. The molecule has 0 spiro atoms. The van der Waals surface area contributed by atoms with Crippen molar-refractivity contribution in [2.24, 2.45) is 0 Å². The molecule has 0 aliphatic rings. The molecule has 1 unspecified atom stereocenters. The molecule has 2 aromatic rings. The highest BCUT2D eigenvalue weighted by molar-refractivity contribution is 5.48. The molecule has 0 aromatic carbocycles. The van der Waals surface area contributed by atoms with Gasteiger partial charge in [-0.1, -0.05) is 6.07 Å². The molecule has 2 rings (SSSR count). The third-order valence-electron chi connectivity index (χ3n) is 2.70. The van der Waals surface area contributed by atoms with Gasteiger partial charge in [0.2, 0.25) is 0 Å². The van der Waals surface area contributed by atoms with E-state index in [1.807, 2.05) is 19.9 Å². The van der Waals surface area contributed by atoms with Gasteiger partial charge in [0.25, 0.3) is 0 Å². The third kappa shape index (κ3) is 2.26. The summed E-state index contributed by atoms with van der Waals surface area (Å²) in [6.45, 7) is 3.89. The lowest BCUT2D eigenvalue weighted by molar-refractivity contribution is 0.215. The maximum atomic E-state index is 10.3. The maximum absolute atomic E-state index is 10.3. The van der Waals surface area contributed by atoms with E-state index in [-0.39, 0.29) is 0 Å². The van der Waals surface area contributed by atoms with Crippen LogP contribution in [0.1, 0.15) is 28.5 Å². The second-order valence-electron chi connectivity index (χ2n) is 4.12. The molecule has 4 nitrogen and oxygen atoms in total. The van der Waals surface area contributed by atoms with Crippen LogP contribution in [0, 0.1) is 13.8 Å². The molecule has 0 amide bonds. The Bertz CT molecular complexity index is 540. The van der Waals surface area contributed by atoms with Crippen LogP contribution in [0.2, 0.25) is 0 Å². The van der Waals surface area contributed by atoms with Gasteiger partial charge in [-0.2, -0.15) is 0 Å². The Morgan fingerprint density at radius 3 is 2.71 bits per heavy atom. The van der Waals surface area contributed by atoms with Crippen LogP contribution in [-0.4, -0.2) is 15.1 Å². The van der Waals surface area contributed by atoms with Crippen molar-refractivity contribution in [1.82, 2.24) is 9.97 Å². The quantitative estimate of drug-likeness (QED) is 0.823. The number of aliphatic hydroxyl groups excluding tert-OH is 1. The Morgan fingerprint density at radius 1 is 1.29 bits per heavy atom. The van der Waals surface area contributed by atoms with Crippen molar-refractivity contribution in [3.05, 3.63) is 53.1 Å². The van der Waals surface area contributed by atoms with Crippen LogP contribution in [0.3, 0.4) is 0 Å². The van der Waals surface area contributed by atoms with E-state index in [0.29, 0.717) is 16.9 Å². The zero-order valence-corrected chi connectivity index (χ0v) is 9.88. The van der Waals surface area contributed by atoms with Crippen molar-refractivity contribution in [2.45, 2.75) is 20.0 Å². The predicted octanol–water partition coefficient (Wildman–Crippen LogP) is 1.76. The molecule has 17 heavy (non-hydrogen) atoms. The molecular formula is C13H15N3O. The summed E-state index contributed by atoms with van der Waals surface area (Å²) in [5.74, 6) is 0. The largest absolute Gasteiger partial charge is 0.398 e. The summed E-state index contributed by atoms with van der Waals surface area (Å²) >= 11 is 0. The number of aromatic nitrogens is 2. The monoisotopic (exact) mass is 229 g/mol. The van der Waals surface area contributed by atoms with Gasteiger partial charge in [-0.3, -0.25) is 9.97 Å². The van der Waals surface area contributed by atoms with Gasteiger partial charge in [0, 0.05) is 29.8 Å². The Kier molecular flexibility index (Phi) is 3.06. The molecule has 1 atom stereocenters. The molecule has 2 aromatic heterocycles. The predicted molar refractivity (Wildman–Crippen MR) is 66.4 cm³/mol. The Morgan fingerprint density at radius 2 is 2.06 bits per heavy atom. The minimum atomic E-state index is -0.829. The minimum absolute atomic E-state index is 0.522. The maximum Gasteiger partial charge on any atom is 0.125 e. The molecule has 0 fully saturated rings. The number of hydrogen-bond donors (Lipinski definition) is 2. The van der Waals surface area contributed by atoms with Crippen molar-refractivity contribution in [3.8, 4) is 0 Å². The highest BCUT2D eigenvalue weighted by atomic mass is 16.3. The molecule has 0 aliphatic heterocycles. The normalized spacial score (nSPS) is 12.4. The molecule has 88 valence electrons. The van der Waals surface area contributed by atoms with Gasteiger partial charge in [0.05, 0.1) is 5.69 Å². The van der Waals surface area contributed by atoms with E-state index in [2.05, 4.69) is 9.97 Å². The van der Waals surface area contributed by atoms with E-state index in [9.17, 15) is 5.11 Å². The van der Waals surface area contributed by atoms with Gasteiger partial charge in [-0.15, -0.1) is 0 Å². The van der Waals surface area contributed by atoms with E-state index < -0.39 is 6.10 Å². The van der Waals surface area contributed by atoms with Crippen molar-refractivity contribution in [2.75, 3.05) is 5.73 Å². The second-order valence-corrected chi connectivity index (χ2v) is 4.12. The Balaban J connectivity index is 2.44. The highest BCUT2D eigenvalue weighted by Gasteiger charge is 2.16. The van der Waals surface area contributed by atoms with Crippen molar-refractivity contribution in [3.63, 3.8) is 0 Å². The summed E-state index contributed by atoms with van der Waals surface area (Å²) in [7, 11) is 0. The number of anilines is 1. The highest BCUT2D eigenvalue weighted by Crippen LogP contribution is 2.26. The lowest BCUT2D eigenvalue weighted by atomic mass is 10.0. The third-order valence-corrected chi connectivity index (χ3v) is 2.70. The first kappa shape index (κ1) is 11.5. The number of pyridine rings is 2. The first-order valence-electron chi connectivity index (χ1n) is 5.40. The fraction of sp³-hybridized carbons (Fsp3) is 0.231. The van der Waals surface area contributed by atoms with Gasteiger partial charge in [0.1, 0.15) is 6.10 Å². The van der Waals surface area contributed by atoms with Crippen LogP contribution >= 0.6 is 0 Å². The van der Waals surface area contributed by atoms with E-state index in [1.165, 1.54) is 0 Å². The van der Waals surface area contributed by atoms with Gasteiger partial charge >= 0.3 is 0 Å². The number of aliphatic hydroxyl groups is 1. The number of aryl methyl sites for hydroxylation is 2. The van der Waals surface area contributed by atoms with Crippen LogP contribution < -0.4 is 5.73 Å². The molecule has 0 aliphatic carbocycles. The van der Waals surface area contributed by atoms with E-state index in [4.69, 9.17) is 5.73 Å². The van der Waals surface area contributed by atoms with Crippen molar-refractivity contribution < 1.29 is 5.11 Å². The van der Waals surface area contributed by atoms with E-state index >= 15 is 0 Å². The van der Waals surface area contributed by atoms with E-state index in [1.54, 1.807) is 24.7 Å². The second kappa shape index (κ2) is 4.51. The zero-order chi connectivity index (χ0) is 12.4. The van der Waals surface area contributed by atoms with Gasteiger partial charge < -0.3 is 10.8 Å². The van der Waals surface area contributed by atoms with Crippen LogP contribution in [0.4, 0.5) is 5.69 Å². The van der Waals surface area contributed by atoms with Crippen molar-refractivity contribution in [1.29, 1.82) is 0 Å². The molecular weight excluding hydrogens is 214 g/mol. The molecule has 0 radical (unpaired) electrons. The molecule has 0 bridgehead atoms. The number of nitrogen functional groups attached to an aromatic ring is 1. The summed E-state index contributed by atoms with van der Waals surface area (Å²) in [6.07, 6.45) is 4.07. The summed E-state index contributed by atoms with van der Waals surface area (Å²) in [4.78, 5) is 8.23. The standard InChI is InChI=1S/C13H15N3O/c1-8-5-9(2)12(16-6-8)13(17)10-7-15-4-3-11(10)14/h3-7,13,17H,1-2H3,(H2,14,15). The van der Waals surface area contributed by atoms with Crippen LogP contribution in [0.25, 0.3) is 0 Å². The van der Waals surface area contributed by atoms with Crippen LogP contribution in [0.5, 0.6) is 0 Å². The Labute approximate surface area is 100 Å². The van der Waals surface area contributed by atoms with Crippen molar-refractivity contribution >= 4 is 5.69 Å². The van der Waals surface area contributed by atoms with Crippen LogP contribution in [0.15, 0.2) is 30.7 Å². The molecule has 2 heterocycles. The minimum Gasteiger partial charge on any atom is -0.398 e. The smallest absolute Gasteiger partial charge is 0.125 e. The topological polar surface area (TPSA) is 72.0 Å². The summed E-state index contributed by atoms with van der Waals surface area (Å²) in [6, 6.07) is 3.65. The van der Waals surface area contributed by atoms with E-state index in [0.717, 1.165) is 11.1 Å². The lowest BCUT2D eigenvalue weighted by Gasteiger charge is -2.14. The first-order valence-corrected chi connectivity index (χ1v) is 5.40. The molecule has 0 saturated heterocycles. The number of hydrogen-bond acceptors (Lipinski definition) is 4.